The van der Waals surface area contributed by atoms with E-state index >= 15 is 0 Å². The van der Waals surface area contributed by atoms with Crippen molar-refractivity contribution in [3.63, 3.8) is 0 Å². The molecule has 0 aliphatic heterocycles. The summed E-state index contributed by atoms with van der Waals surface area (Å²) in [4.78, 5) is 0. The third-order valence-corrected chi connectivity index (χ3v) is 10.7. The summed E-state index contributed by atoms with van der Waals surface area (Å²) < 4.78 is 0. The van der Waals surface area contributed by atoms with Gasteiger partial charge in [0.15, 0.2) is 0 Å². The second kappa shape index (κ2) is 7.46. The fraction of sp³-hybridized carbons (Fsp3) is 0.0952. The average Bonchev–Trinajstić information content (AvgIpc) is 3.77. The fourth-order valence-electron chi connectivity index (χ4n) is 8.80. The maximum Gasteiger partial charge on any atom is -0.00130 e. The van der Waals surface area contributed by atoms with E-state index in [0.29, 0.717) is 0 Å². The van der Waals surface area contributed by atoms with Gasteiger partial charge in [-0.25, -0.2) is 0 Å². The van der Waals surface area contributed by atoms with Crippen LogP contribution in [-0.2, 0) is 25.7 Å². The molecule has 4 aliphatic carbocycles. The first-order chi connectivity index (χ1) is 20.8. The Kier molecular flexibility index (Phi) is 3.87. The Morgan fingerprint density at radius 3 is 1.05 bits per heavy atom. The third kappa shape index (κ3) is 2.69. The highest BCUT2D eigenvalue weighted by molar-refractivity contribution is 6.03. The Balaban J connectivity index is 1.02. The highest BCUT2D eigenvalue weighted by atomic mass is 14.3. The Hall–Kier alpha value is -4.94. The van der Waals surface area contributed by atoms with Crippen LogP contribution in [0, 0.1) is 0 Å². The molecule has 0 spiro atoms. The van der Waals surface area contributed by atoms with Crippen LogP contribution in [0.5, 0.6) is 0 Å². The molecule has 0 heteroatoms. The van der Waals surface area contributed by atoms with Gasteiger partial charge in [0.25, 0.3) is 0 Å². The summed E-state index contributed by atoms with van der Waals surface area (Å²) in [6, 6.07) is 42.2. The second-order valence-electron chi connectivity index (χ2n) is 12.8. The summed E-state index contributed by atoms with van der Waals surface area (Å²) in [5.41, 5.74) is 23.6. The van der Waals surface area contributed by atoms with E-state index in [9.17, 15) is 0 Å². The van der Waals surface area contributed by atoms with E-state index in [4.69, 9.17) is 0 Å². The van der Waals surface area contributed by atoms with Crippen LogP contribution in [0.3, 0.4) is 0 Å². The molecule has 0 unspecified atom stereocenters. The van der Waals surface area contributed by atoms with Gasteiger partial charge < -0.3 is 0 Å². The quantitative estimate of drug-likeness (QED) is 0.183. The van der Waals surface area contributed by atoms with Crippen LogP contribution < -0.4 is 0 Å². The van der Waals surface area contributed by atoms with Gasteiger partial charge in [0.2, 0.25) is 0 Å². The lowest BCUT2D eigenvalue weighted by Crippen LogP contribution is -1.87. The second-order valence-corrected chi connectivity index (χ2v) is 12.8. The summed E-state index contributed by atoms with van der Waals surface area (Å²) >= 11 is 0. The van der Waals surface area contributed by atoms with Crippen molar-refractivity contribution in [3.05, 3.63) is 154 Å². The van der Waals surface area contributed by atoms with Gasteiger partial charge >= 0.3 is 0 Å². The van der Waals surface area contributed by atoms with Gasteiger partial charge in [-0.1, -0.05) is 72.8 Å². The molecule has 0 nitrogen and oxygen atoms in total. The van der Waals surface area contributed by atoms with Crippen LogP contribution in [0.2, 0.25) is 0 Å². The fourth-order valence-corrected chi connectivity index (χ4v) is 8.80. The van der Waals surface area contributed by atoms with Gasteiger partial charge in [0.05, 0.1) is 0 Å². The number of hydrogen-bond acceptors (Lipinski definition) is 0. The number of rotatable bonds is 0. The van der Waals surface area contributed by atoms with Crippen molar-refractivity contribution < 1.29 is 0 Å². The van der Waals surface area contributed by atoms with Crippen LogP contribution in [0.1, 0.15) is 44.5 Å². The van der Waals surface area contributed by atoms with Crippen LogP contribution >= 0.6 is 0 Å². The van der Waals surface area contributed by atoms with Gasteiger partial charge in [-0.05, 0) is 173 Å². The van der Waals surface area contributed by atoms with Crippen LogP contribution in [-0.4, -0.2) is 0 Å². The molecule has 11 rings (SSSR count). The Morgan fingerprint density at radius 1 is 0.286 bits per heavy atom. The summed E-state index contributed by atoms with van der Waals surface area (Å²) in [5.74, 6) is 0. The van der Waals surface area contributed by atoms with Crippen molar-refractivity contribution in [2.45, 2.75) is 25.7 Å². The van der Waals surface area contributed by atoms with Crippen LogP contribution in [0.4, 0.5) is 0 Å². The Morgan fingerprint density at radius 2 is 0.619 bits per heavy atom. The van der Waals surface area contributed by atoms with E-state index in [1.807, 2.05) is 0 Å². The van der Waals surface area contributed by atoms with E-state index in [1.54, 1.807) is 0 Å². The molecule has 0 heterocycles. The zero-order valence-electron chi connectivity index (χ0n) is 23.2. The first kappa shape index (κ1) is 21.8. The van der Waals surface area contributed by atoms with Gasteiger partial charge in [-0.15, -0.1) is 0 Å². The maximum atomic E-state index is 2.54. The maximum absolute atomic E-state index is 2.54. The minimum absolute atomic E-state index is 1.03. The smallest absolute Gasteiger partial charge is 0.00130 e. The molecule has 4 aliphatic rings. The molecule has 42 heavy (non-hydrogen) atoms. The molecule has 194 valence electrons. The predicted octanol–water partition coefficient (Wildman–Crippen LogP) is 10.3. The topological polar surface area (TPSA) is 0 Å². The number of benzene rings is 7. The van der Waals surface area contributed by atoms with E-state index in [2.05, 4.69) is 109 Å². The zero-order valence-corrected chi connectivity index (χ0v) is 23.2. The first-order valence-corrected chi connectivity index (χ1v) is 15.3. The SMILES string of the molecule is c1ccc2c3c(ccc2c1)Cc1cc2c(cc1-3)Cc1cc3c(cc1-2)Cc1cc2c(cc1-3)Cc1ccc3ccccc3c1-2. The summed E-state index contributed by atoms with van der Waals surface area (Å²) in [7, 11) is 0. The van der Waals surface area contributed by atoms with Gasteiger partial charge in [0, 0.05) is 0 Å². The largest absolute Gasteiger partial charge is 0.0616 e. The van der Waals surface area contributed by atoms with Gasteiger partial charge in [0.1, 0.15) is 0 Å². The zero-order chi connectivity index (χ0) is 27.1. The molecule has 0 amide bonds. The molecule has 0 fully saturated rings. The lowest BCUT2D eigenvalue weighted by Gasteiger charge is -2.10. The van der Waals surface area contributed by atoms with Crippen LogP contribution in [0.25, 0.3) is 66.1 Å². The molecular weight excluding hydrogens is 504 g/mol. The molecule has 7 aromatic carbocycles. The predicted molar refractivity (Wildman–Crippen MR) is 174 cm³/mol. The highest BCUT2D eigenvalue weighted by Crippen LogP contribution is 2.51. The molecule has 0 saturated heterocycles. The third-order valence-electron chi connectivity index (χ3n) is 10.7. The minimum Gasteiger partial charge on any atom is -0.0616 e. The van der Waals surface area contributed by atoms with Gasteiger partial charge in [-0.3, -0.25) is 0 Å². The van der Waals surface area contributed by atoms with E-state index in [1.165, 1.54) is 111 Å². The molecule has 0 aromatic heterocycles. The van der Waals surface area contributed by atoms with Crippen molar-refractivity contribution in [2.75, 3.05) is 0 Å². The molecule has 0 bridgehead atoms. The average molecular weight is 531 g/mol. The molecule has 0 atom stereocenters. The van der Waals surface area contributed by atoms with Gasteiger partial charge in [-0.2, -0.15) is 0 Å². The first-order valence-electron chi connectivity index (χ1n) is 15.3. The van der Waals surface area contributed by atoms with Crippen molar-refractivity contribution in [2.24, 2.45) is 0 Å². The van der Waals surface area contributed by atoms with E-state index < -0.39 is 0 Å². The molecule has 0 N–H and O–H groups in total. The lowest BCUT2D eigenvalue weighted by atomic mass is 9.94. The highest BCUT2D eigenvalue weighted by Gasteiger charge is 2.31. The molecule has 0 saturated carbocycles. The van der Waals surface area contributed by atoms with Crippen LogP contribution in [0.15, 0.2) is 109 Å². The summed E-state index contributed by atoms with van der Waals surface area (Å²) in [6.07, 6.45) is 4.14. The molecule has 7 aromatic rings. The molecule has 0 radical (unpaired) electrons. The van der Waals surface area contributed by atoms with Crippen molar-refractivity contribution >= 4 is 21.5 Å². The van der Waals surface area contributed by atoms with Crippen molar-refractivity contribution in [1.82, 2.24) is 0 Å². The normalized spacial score (nSPS) is 14.3. The Labute approximate surface area is 244 Å². The standard InChI is InChI=1S/C42H26/c1-3-7-33-23(5-1)9-11-25-13-31-19-37-29(21-39(31)41(25)33)15-27-17-36-28(18-35(27)37)16-30-22-40-32(20-38(30)36)14-26-12-10-24-6-2-4-8-34(24)42(26)40/h1-12,17-22H,13-16H2. The minimum atomic E-state index is 1.03. The summed E-state index contributed by atoms with van der Waals surface area (Å²) in [5, 5.41) is 5.46. The number of fused-ring (bicyclic) bond motifs is 16. The Bertz CT molecular complexity index is 2230. The van der Waals surface area contributed by atoms with E-state index in [-0.39, 0.29) is 0 Å². The summed E-state index contributed by atoms with van der Waals surface area (Å²) in [6.45, 7) is 0. The molecular formula is C42H26. The number of hydrogen-bond donors (Lipinski definition) is 0. The van der Waals surface area contributed by atoms with E-state index in [0.717, 1.165) is 25.7 Å². The monoisotopic (exact) mass is 530 g/mol. The lowest BCUT2D eigenvalue weighted by molar-refractivity contribution is 1.23. The van der Waals surface area contributed by atoms with Crippen molar-refractivity contribution in [1.29, 1.82) is 0 Å². The van der Waals surface area contributed by atoms with Crippen molar-refractivity contribution in [3.8, 4) is 44.5 Å².